The maximum absolute atomic E-state index is 4.30. The van der Waals surface area contributed by atoms with E-state index in [4.69, 9.17) is 0 Å². The van der Waals surface area contributed by atoms with Crippen LogP contribution < -0.4 is 0 Å². The Morgan fingerprint density at radius 2 is 2.42 bits per heavy atom. The minimum absolute atomic E-state index is 0.557. The minimum Gasteiger partial charge on any atom is -0.250 e. The topological polar surface area (TPSA) is 12.4 Å². The Labute approximate surface area is 73.2 Å². The number of hydrogen-bond donors (Lipinski definition) is 0. The van der Waals surface area contributed by atoms with Crippen LogP contribution in [-0.4, -0.2) is 6.21 Å². The molecule has 0 saturated carbocycles. The molecule has 1 heteroatoms. The second-order valence-electron chi connectivity index (χ2n) is 3.27. The Balaban J connectivity index is 2.37. The number of nitrogens with zero attached hydrogens (tertiary/aromatic N) is 1. The molecule has 2 rings (SSSR count). The van der Waals surface area contributed by atoms with Gasteiger partial charge in [0.1, 0.15) is 0 Å². The highest BCUT2D eigenvalue weighted by atomic mass is 14.8. The van der Waals surface area contributed by atoms with E-state index >= 15 is 0 Å². The van der Waals surface area contributed by atoms with Gasteiger partial charge in [0.2, 0.25) is 0 Å². The van der Waals surface area contributed by atoms with E-state index in [-0.39, 0.29) is 0 Å². The summed E-state index contributed by atoms with van der Waals surface area (Å²) >= 11 is 0. The first-order chi connectivity index (χ1) is 5.83. The number of rotatable bonds is 2. The average Bonchev–Trinajstić information content (AvgIpc) is 2.62. The van der Waals surface area contributed by atoms with Crippen molar-refractivity contribution in [3.8, 4) is 0 Å². The van der Waals surface area contributed by atoms with E-state index < -0.39 is 0 Å². The maximum atomic E-state index is 4.30. The molecule has 0 spiro atoms. The summed E-state index contributed by atoms with van der Waals surface area (Å²) < 4.78 is 0. The van der Waals surface area contributed by atoms with Crippen molar-refractivity contribution in [2.45, 2.75) is 20.3 Å². The van der Waals surface area contributed by atoms with Gasteiger partial charge in [-0.1, -0.05) is 32.1 Å². The summed E-state index contributed by atoms with van der Waals surface area (Å²) in [6, 6.07) is 0. The van der Waals surface area contributed by atoms with Crippen LogP contribution in [0.1, 0.15) is 20.3 Å². The van der Waals surface area contributed by atoms with Crippen LogP contribution in [0.2, 0.25) is 0 Å². The standard InChI is InChI=1S/C11H12N/c1-3-8(2)11-10-6-4-5-9(10)7-12-11/h4-6,8H,3H2,1-2H3. The predicted octanol–water partition coefficient (Wildman–Crippen LogP) is 2.74. The fourth-order valence-corrected chi connectivity index (χ4v) is 1.49. The van der Waals surface area contributed by atoms with Gasteiger partial charge in [-0.25, -0.2) is 4.99 Å². The lowest BCUT2D eigenvalue weighted by Crippen LogP contribution is -1.95. The molecular weight excluding hydrogens is 146 g/mol. The summed E-state index contributed by atoms with van der Waals surface area (Å²) in [5.74, 6) is 0.557. The summed E-state index contributed by atoms with van der Waals surface area (Å²) in [6.45, 7) is 4.40. The SMILES string of the molecule is CCC(C)C1=C2C=CC=C2[C]=N1. The normalized spacial score (nSPS) is 21.7. The molecule has 0 bridgehead atoms. The highest BCUT2D eigenvalue weighted by Gasteiger charge is 2.19. The second-order valence-corrected chi connectivity index (χ2v) is 3.27. The van der Waals surface area contributed by atoms with Crippen LogP contribution in [0.25, 0.3) is 0 Å². The van der Waals surface area contributed by atoms with Gasteiger partial charge >= 0.3 is 0 Å². The largest absolute Gasteiger partial charge is 0.250 e. The number of aliphatic imine (C=N–C) groups is 1. The second kappa shape index (κ2) is 2.74. The van der Waals surface area contributed by atoms with E-state index in [9.17, 15) is 0 Å². The van der Waals surface area contributed by atoms with E-state index in [0.717, 1.165) is 12.0 Å². The highest BCUT2D eigenvalue weighted by Crippen LogP contribution is 2.31. The van der Waals surface area contributed by atoms with Crippen LogP contribution >= 0.6 is 0 Å². The lowest BCUT2D eigenvalue weighted by molar-refractivity contribution is 0.648. The summed E-state index contributed by atoms with van der Waals surface area (Å²) in [5, 5.41) is 0. The van der Waals surface area contributed by atoms with Crippen molar-refractivity contribution in [3.63, 3.8) is 0 Å². The Kier molecular flexibility index (Phi) is 1.72. The van der Waals surface area contributed by atoms with E-state index in [1.54, 1.807) is 0 Å². The monoisotopic (exact) mass is 158 g/mol. The van der Waals surface area contributed by atoms with Crippen molar-refractivity contribution in [1.82, 2.24) is 0 Å². The van der Waals surface area contributed by atoms with Gasteiger partial charge in [0, 0.05) is 11.1 Å². The van der Waals surface area contributed by atoms with Crippen LogP contribution in [0.4, 0.5) is 0 Å². The molecule has 0 amide bonds. The fraction of sp³-hybridized carbons (Fsp3) is 0.364. The van der Waals surface area contributed by atoms with Crippen molar-refractivity contribution in [2.75, 3.05) is 0 Å². The first kappa shape index (κ1) is 7.53. The molecule has 0 fully saturated rings. The van der Waals surface area contributed by atoms with Crippen LogP contribution in [0.5, 0.6) is 0 Å². The Morgan fingerprint density at radius 1 is 1.58 bits per heavy atom. The summed E-state index contributed by atoms with van der Waals surface area (Å²) in [7, 11) is 0. The molecule has 1 unspecified atom stereocenters. The Morgan fingerprint density at radius 3 is 3.17 bits per heavy atom. The van der Waals surface area contributed by atoms with Crippen LogP contribution in [0, 0.1) is 5.92 Å². The fourth-order valence-electron chi connectivity index (χ4n) is 1.49. The lowest BCUT2D eigenvalue weighted by atomic mass is 10.00. The van der Waals surface area contributed by atoms with Gasteiger partial charge in [-0.3, -0.25) is 0 Å². The van der Waals surface area contributed by atoms with Crippen LogP contribution in [-0.2, 0) is 0 Å². The molecule has 0 saturated heterocycles. The van der Waals surface area contributed by atoms with Crippen molar-refractivity contribution in [3.05, 3.63) is 35.1 Å². The molecule has 1 nitrogen and oxygen atoms in total. The van der Waals surface area contributed by atoms with Gasteiger partial charge in [-0.2, -0.15) is 0 Å². The third-order valence-corrected chi connectivity index (χ3v) is 2.47. The molecule has 1 aliphatic heterocycles. The van der Waals surface area contributed by atoms with Gasteiger partial charge in [-0.05, 0) is 12.3 Å². The Hall–Kier alpha value is -1.11. The molecule has 1 aliphatic carbocycles. The molecule has 0 N–H and O–H groups in total. The molecule has 1 heterocycles. The quantitative estimate of drug-likeness (QED) is 0.586. The summed E-state index contributed by atoms with van der Waals surface area (Å²) in [4.78, 5) is 4.30. The maximum Gasteiger partial charge on any atom is 0.0975 e. The van der Waals surface area contributed by atoms with E-state index in [2.05, 4.69) is 43.3 Å². The average molecular weight is 158 g/mol. The molecule has 12 heavy (non-hydrogen) atoms. The molecule has 1 atom stereocenters. The third kappa shape index (κ3) is 0.970. The predicted molar refractivity (Wildman–Crippen MR) is 51.1 cm³/mol. The zero-order valence-corrected chi connectivity index (χ0v) is 7.46. The van der Waals surface area contributed by atoms with Crippen LogP contribution in [0.15, 0.2) is 40.1 Å². The van der Waals surface area contributed by atoms with Gasteiger partial charge in [-0.15, -0.1) is 0 Å². The molecule has 0 aromatic heterocycles. The molecule has 0 aromatic carbocycles. The zero-order chi connectivity index (χ0) is 8.55. The van der Waals surface area contributed by atoms with Crippen molar-refractivity contribution in [2.24, 2.45) is 10.9 Å². The molecule has 1 radical (unpaired) electrons. The molecule has 0 aromatic rings. The zero-order valence-electron chi connectivity index (χ0n) is 7.46. The molecule has 61 valence electrons. The van der Waals surface area contributed by atoms with E-state index in [1.807, 2.05) is 0 Å². The van der Waals surface area contributed by atoms with Crippen molar-refractivity contribution >= 4 is 6.21 Å². The smallest absolute Gasteiger partial charge is 0.0975 e. The van der Waals surface area contributed by atoms with E-state index in [1.165, 1.54) is 11.3 Å². The van der Waals surface area contributed by atoms with Gasteiger partial charge in [0.15, 0.2) is 0 Å². The third-order valence-electron chi connectivity index (χ3n) is 2.47. The van der Waals surface area contributed by atoms with Crippen molar-refractivity contribution in [1.29, 1.82) is 0 Å². The summed E-state index contributed by atoms with van der Waals surface area (Å²) in [5.41, 5.74) is 3.65. The molecular formula is C11H12N. The first-order valence-electron chi connectivity index (χ1n) is 4.42. The minimum atomic E-state index is 0.557. The number of allylic oxidation sites excluding steroid dienone is 6. The number of hydrogen-bond acceptors (Lipinski definition) is 1. The Bertz CT molecular complexity index is 316. The molecule has 2 aliphatic rings. The number of fused-ring (bicyclic) bond motifs is 1. The lowest BCUT2D eigenvalue weighted by Gasteiger charge is -2.07. The summed E-state index contributed by atoms with van der Waals surface area (Å²) in [6.07, 6.45) is 10.4. The van der Waals surface area contributed by atoms with Gasteiger partial charge < -0.3 is 0 Å². The van der Waals surface area contributed by atoms with Gasteiger partial charge in [0.05, 0.1) is 11.9 Å². The van der Waals surface area contributed by atoms with Crippen LogP contribution in [0.3, 0.4) is 0 Å². The van der Waals surface area contributed by atoms with Crippen molar-refractivity contribution < 1.29 is 0 Å². The van der Waals surface area contributed by atoms with E-state index in [0.29, 0.717) is 5.92 Å². The first-order valence-corrected chi connectivity index (χ1v) is 4.42. The highest BCUT2D eigenvalue weighted by molar-refractivity contribution is 5.92. The van der Waals surface area contributed by atoms with Gasteiger partial charge in [0.25, 0.3) is 0 Å².